The van der Waals surface area contributed by atoms with Crippen molar-refractivity contribution < 1.29 is 4.79 Å². The van der Waals surface area contributed by atoms with Crippen LogP contribution in [0.15, 0.2) is 42.7 Å². The molecule has 0 unspecified atom stereocenters. The molecule has 1 fully saturated rings. The molecular formula is C19H20N4O. The number of nitrogens with zero attached hydrogens (tertiary/aromatic N) is 2. The van der Waals surface area contributed by atoms with Gasteiger partial charge in [0.2, 0.25) is 0 Å². The maximum absolute atomic E-state index is 12.4. The predicted octanol–water partition coefficient (Wildman–Crippen LogP) is 3.95. The van der Waals surface area contributed by atoms with Gasteiger partial charge in [0.25, 0.3) is 5.91 Å². The zero-order valence-corrected chi connectivity index (χ0v) is 13.5. The molecular weight excluding hydrogens is 300 g/mol. The van der Waals surface area contributed by atoms with Crippen LogP contribution in [0.3, 0.4) is 0 Å². The molecule has 1 aliphatic carbocycles. The lowest BCUT2D eigenvalue weighted by atomic mass is 9.95. The summed E-state index contributed by atoms with van der Waals surface area (Å²) in [5.74, 6) is -0.209. The Labute approximate surface area is 141 Å². The van der Waals surface area contributed by atoms with Crippen molar-refractivity contribution in [2.24, 2.45) is 0 Å². The number of hydrogen-bond acceptors (Lipinski definition) is 4. The van der Waals surface area contributed by atoms with Crippen LogP contribution in [0, 0.1) is 11.3 Å². The van der Waals surface area contributed by atoms with Gasteiger partial charge in [0.1, 0.15) is 0 Å². The van der Waals surface area contributed by atoms with Gasteiger partial charge in [0, 0.05) is 24.1 Å². The Kier molecular flexibility index (Phi) is 5.07. The maximum atomic E-state index is 12.4. The lowest BCUT2D eigenvalue weighted by Crippen LogP contribution is -2.22. The standard InChI is InChI=1S/C19H20N4O/c20-11-14-6-8-17(9-7-14)23-19(24)15-10-18(13-21-12-15)22-16-4-2-1-3-5-16/h6-10,12-13,16,22H,1-5H2,(H,23,24). The summed E-state index contributed by atoms with van der Waals surface area (Å²) < 4.78 is 0. The van der Waals surface area contributed by atoms with E-state index in [2.05, 4.69) is 21.7 Å². The van der Waals surface area contributed by atoms with E-state index in [0.29, 0.717) is 22.9 Å². The summed E-state index contributed by atoms with van der Waals surface area (Å²) in [6.45, 7) is 0. The molecule has 3 rings (SSSR count). The minimum absolute atomic E-state index is 0.209. The first-order valence-corrected chi connectivity index (χ1v) is 8.28. The van der Waals surface area contributed by atoms with Gasteiger partial charge in [-0.2, -0.15) is 5.26 Å². The van der Waals surface area contributed by atoms with Crippen LogP contribution < -0.4 is 10.6 Å². The lowest BCUT2D eigenvalue weighted by molar-refractivity contribution is 0.102. The minimum Gasteiger partial charge on any atom is -0.381 e. The average molecular weight is 320 g/mol. The van der Waals surface area contributed by atoms with Crippen LogP contribution in [0.4, 0.5) is 11.4 Å². The summed E-state index contributed by atoms with van der Waals surface area (Å²) in [5, 5.41) is 15.1. The highest BCUT2D eigenvalue weighted by Crippen LogP contribution is 2.22. The number of carbonyl (C=O) groups excluding carboxylic acids is 1. The van der Waals surface area contributed by atoms with Gasteiger partial charge >= 0.3 is 0 Å². The van der Waals surface area contributed by atoms with Gasteiger partial charge in [-0.3, -0.25) is 9.78 Å². The van der Waals surface area contributed by atoms with Crippen LogP contribution in [0.1, 0.15) is 48.0 Å². The van der Waals surface area contributed by atoms with Crippen molar-refractivity contribution in [2.45, 2.75) is 38.1 Å². The van der Waals surface area contributed by atoms with E-state index in [1.54, 1.807) is 36.7 Å². The second-order valence-corrected chi connectivity index (χ2v) is 6.08. The van der Waals surface area contributed by atoms with Gasteiger partial charge in [0.15, 0.2) is 0 Å². The molecule has 0 aliphatic heterocycles. The van der Waals surface area contributed by atoms with E-state index in [0.717, 1.165) is 5.69 Å². The zero-order valence-electron chi connectivity index (χ0n) is 13.5. The normalized spacial score (nSPS) is 14.6. The van der Waals surface area contributed by atoms with Gasteiger partial charge in [-0.05, 0) is 43.2 Å². The summed E-state index contributed by atoms with van der Waals surface area (Å²) >= 11 is 0. The fraction of sp³-hybridized carbons (Fsp3) is 0.316. The molecule has 0 saturated heterocycles. The van der Waals surface area contributed by atoms with Crippen molar-refractivity contribution >= 4 is 17.3 Å². The first-order valence-electron chi connectivity index (χ1n) is 8.28. The van der Waals surface area contributed by atoms with Gasteiger partial charge in [-0.1, -0.05) is 19.3 Å². The summed E-state index contributed by atoms with van der Waals surface area (Å²) in [4.78, 5) is 16.5. The highest BCUT2D eigenvalue weighted by Gasteiger charge is 2.14. The molecule has 1 amide bonds. The molecule has 1 heterocycles. The second-order valence-electron chi connectivity index (χ2n) is 6.08. The molecule has 5 heteroatoms. The fourth-order valence-electron chi connectivity index (χ4n) is 2.96. The molecule has 1 aromatic carbocycles. The fourth-order valence-corrected chi connectivity index (χ4v) is 2.96. The van der Waals surface area contributed by atoms with E-state index in [4.69, 9.17) is 5.26 Å². The van der Waals surface area contributed by atoms with Crippen molar-refractivity contribution in [1.82, 2.24) is 4.98 Å². The highest BCUT2D eigenvalue weighted by atomic mass is 16.1. The van der Waals surface area contributed by atoms with E-state index >= 15 is 0 Å². The molecule has 1 saturated carbocycles. The summed E-state index contributed by atoms with van der Waals surface area (Å²) in [6, 6.07) is 11.1. The number of carbonyl (C=O) groups is 1. The molecule has 0 radical (unpaired) electrons. The lowest BCUT2D eigenvalue weighted by Gasteiger charge is -2.23. The monoisotopic (exact) mass is 320 g/mol. The molecule has 0 spiro atoms. The van der Waals surface area contributed by atoms with Crippen molar-refractivity contribution in [1.29, 1.82) is 5.26 Å². The topological polar surface area (TPSA) is 77.8 Å². The number of anilines is 2. The first-order chi connectivity index (χ1) is 11.7. The Balaban J connectivity index is 1.65. The number of pyridine rings is 1. The second kappa shape index (κ2) is 7.60. The van der Waals surface area contributed by atoms with Crippen LogP contribution in [0.5, 0.6) is 0 Å². The Hall–Kier alpha value is -2.87. The maximum Gasteiger partial charge on any atom is 0.257 e. The Morgan fingerprint density at radius 3 is 2.54 bits per heavy atom. The summed E-state index contributed by atoms with van der Waals surface area (Å²) in [5.41, 5.74) is 2.62. The number of benzene rings is 1. The molecule has 1 aromatic heterocycles. The molecule has 2 aromatic rings. The van der Waals surface area contributed by atoms with E-state index in [1.807, 2.05) is 6.07 Å². The SMILES string of the molecule is N#Cc1ccc(NC(=O)c2cncc(NC3CCCCC3)c2)cc1. The van der Waals surface area contributed by atoms with Crippen LogP contribution >= 0.6 is 0 Å². The largest absolute Gasteiger partial charge is 0.381 e. The van der Waals surface area contributed by atoms with Crippen molar-refractivity contribution in [3.8, 4) is 6.07 Å². The third-order valence-corrected chi connectivity index (χ3v) is 4.25. The molecule has 2 N–H and O–H groups in total. The Morgan fingerprint density at radius 2 is 1.83 bits per heavy atom. The predicted molar refractivity (Wildman–Crippen MR) is 93.8 cm³/mol. The number of rotatable bonds is 4. The van der Waals surface area contributed by atoms with Gasteiger partial charge < -0.3 is 10.6 Å². The quantitative estimate of drug-likeness (QED) is 0.894. The summed E-state index contributed by atoms with van der Waals surface area (Å²) in [6.07, 6.45) is 9.47. The van der Waals surface area contributed by atoms with Crippen molar-refractivity contribution in [2.75, 3.05) is 10.6 Å². The molecule has 5 nitrogen and oxygen atoms in total. The average Bonchev–Trinajstić information content (AvgIpc) is 2.63. The van der Waals surface area contributed by atoms with Crippen LogP contribution in [-0.2, 0) is 0 Å². The van der Waals surface area contributed by atoms with Crippen LogP contribution in [0.2, 0.25) is 0 Å². The van der Waals surface area contributed by atoms with Crippen molar-refractivity contribution in [3.63, 3.8) is 0 Å². The number of aromatic nitrogens is 1. The Morgan fingerprint density at radius 1 is 1.08 bits per heavy atom. The van der Waals surface area contributed by atoms with Gasteiger partial charge in [0.05, 0.1) is 22.9 Å². The van der Waals surface area contributed by atoms with Crippen LogP contribution in [0.25, 0.3) is 0 Å². The van der Waals surface area contributed by atoms with Crippen molar-refractivity contribution in [3.05, 3.63) is 53.9 Å². The highest BCUT2D eigenvalue weighted by molar-refractivity contribution is 6.04. The summed E-state index contributed by atoms with van der Waals surface area (Å²) in [7, 11) is 0. The number of amides is 1. The smallest absolute Gasteiger partial charge is 0.257 e. The van der Waals surface area contributed by atoms with E-state index in [1.165, 1.54) is 32.1 Å². The van der Waals surface area contributed by atoms with Gasteiger partial charge in [-0.15, -0.1) is 0 Å². The first kappa shape index (κ1) is 16.0. The van der Waals surface area contributed by atoms with Crippen LogP contribution in [-0.4, -0.2) is 16.9 Å². The number of hydrogen-bond donors (Lipinski definition) is 2. The molecule has 0 atom stereocenters. The minimum atomic E-state index is -0.209. The van der Waals surface area contributed by atoms with E-state index in [-0.39, 0.29) is 5.91 Å². The van der Waals surface area contributed by atoms with E-state index in [9.17, 15) is 4.79 Å². The molecule has 1 aliphatic rings. The van der Waals surface area contributed by atoms with E-state index < -0.39 is 0 Å². The third kappa shape index (κ3) is 4.11. The number of nitrogens with one attached hydrogen (secondary N) is 2. The molecule has 0 bridgehead atoms. The van der Waals surface area contributed by atoms with Gasteiger partial charge in [-0.25, -0.2) is 0 Å². The zero-order chi connectivity index (χ0) is 16.8. The number of nitriles is 1. The Bertz CT molecular complexity index is 743. The molecule has 122 valence electrons. The third-order valence-electron chi connectivity index (χ3n) is 4.25. The molecule has 24 heavy (non-hydrogen) atoms.